The first-order valence-electron chi connectivity index (χ1n) is 7.09. The molecule has 0 heterocycles. The number of nitrogens with zero attached hydrogens (tertiary/aromatic N) is 1. The van der Waals surface area contributed by atoms with Crippen LogP contribution in [-0.4, -0.2) is 51.4 Å². The minimum Gasteiger partial charge on any atom is -0.492 e. The van der Waals surface area contributed by atoms with Crippen molar-refractivity contribution in [1.29, 1.82) is 0 Å². The Morgan fingerprint density at radius 3 is 2.35 bits per heavy atom. The third-order valence-corrected chi connectivity index (χ3v) is 3.27. The summed E-state index contributed by atoms with van der Waals surface area (Å²) in [6.45, 7) is 6.71. The number of methoxy groups -OCH3 is 1. The molecule has 0 aliphatic carbocycles. The third kappa shape index (κ3) is 6.78. The molecule has 0 spiro atoms. The Balaban J connectivity index is 2.31. The zero-order valence-electron chi connectivity index (χ0n) is 13.4. The highest BCUT2D eigenvalue weighted by Crippen LogP contribution is 2.17. The molecule has 0 amide bonds. The van der Waals surface area contributed by atoms with Gasteiger partial charge in [-0.2, -0.15) is 0 Å². The summed E-state index contributed by atoms with van der Waals surface area (Å²) in [5, 5.41) is 3.39. The van der Waals surface area contributed by atoms with Gasteiger partial charge >= 0.3 is 0 Å². The van der Waals surface area contributed by atoms with E-state index >= 15 is 0 Å². The average Bonchev–Trinajstić information content (AvgIpc) is 2.40. The summed E-state index contributed by atoms with van der Waals surface area (Å²) in [6.07, 6.45) is 0.963. The van der Waals surface area contributed by atoms with Crippen molar-refractivity contribution in [2.45, 2.75) is 25.9 Å². The number of rotatable bonds is 9. The molecule has 0 aliphatic heterocycles. The molecule has 1 aromatic rings. The highest BCUT2D eigenvalue weighted by atomic mass is 16.5. The van der Waals surface area contributed by atoms with Gasteiger partial charge in [-0.05, 0) is 58.6 Å². The minimum absolute atomic E-state index is 0.0811. The van der Waals surface area contributed by atoms with Crippen LogP contribution in [0.4, 0.5) is 5.69 Å². The monoisotopic (exact) mass is 280 g/mol. The summed E-state index contributed by atoms with van der Waals surface area (Å²) in [5.74, 6) is 0.912. The topological polar surface area (TPSA) is 33.7 Å². The Morgan fingerprint density at radius 1 is 1.15 bits per heavy atom. The van der Waals surface area contributed by atoms with E-state index in [4.69, 9.17) is 9.47 Å². The molecule has 0 saturated carbocycles. The van der Waals surface area contributed by atoms with Gasteiger partial charge in [-0.3, -0.25) is 0 Å². The van der Waals surface area contributed by atoms with Gasteiger partial charge in [-0.25, -0.2) is 0 Å². The second-order valence-electron chi connectivity index (χ2n) is 5.82. The maximum Gasteiger partial charge on any atom is 0.119 e. The molecule has 0 saturated heterocycles. The van der Waals surface area contributed by atoms with E-state index in [2.05, 4.69) is 24.1 Å². The summed E-state index contributed by atoms with van der Waals surface area (Å²) < 4.78 is 11.1. The van der Waals surface area contributed by atoms with Gasteiger partial charge in [-0.1, -0.05) is 0 Å². The minimum atomic E-state index is -0.0811. The summed E-state index contributed by atoms with van der Waals surface area (Å²) in [6, 6.07) is 8.09. The van der Waals surface area contributed by atoms with Gasteiger partial charge < -0.3 is 19.7 Å². The predicted molar refractivity (Wildman–Crippen MR) is 84.7 cm³/mol. The molecule has 0 fully saturated rings. The molecule has 4 nitrogen and oxygen atoms in total. The van der Waals surface area contributed by atoms with Crippen LogP contribution >= 0.6 is 0 Å². The SMILES string of the molecule is COC(C)(C)CCNc1ccc(OCCN(C)C)cc1. The lowest BCUT2D eigenvalue weighted by Crippen LogP contribution is -2.25. The van der Waals surface area contributed by atoms with Crippen molar-refractivity contribution in [2.75, 3.05) is 46.2 Å². The molecule has 4 heteroatoms. The smallest absolute Gasteiger partial charge is 0.119 e. The van der Waals surface area contributed by atoms with E-state index in [1.165, 1.54) is 0 Å². The third-order valence-electron chi connectivity index (χ3n) is 3.27. The Hall–Kier alpha value is -1.26. The van der Waals surface area contributed by atoms with Crippen LogP contribution in [0.3, 0.4) is 0 Å². The zero-order valence-corrected chi connectivity index (χ0v) is 13.4. The van der Waals surface area contributed by atoms with E-state index in [0.717, 1.165) is 30.9 Å². The number of likely N-dealkylation sites (N-methyl/N-ethyl adjacent to an activating group) is 1. The molecule has 0 bridgehead atoms. The standard InChI is InChI=1S/C16H28N2O2/c1-16(2,19-5)10-11-17-14-6-8-15(9-7-14)20-13-12-18(3)4/h6-9,17H,10-13H2,1-5H3. The van der Waals surface area contributed by atoms with Crippen molar-refractivity contribution in [3.05, 3.63) is 24.3 Å². The van der Waals surface area contributed by atoms with E-state index in [0.29, 0.717) is 6.61 Å². The number of benzene rings is 1. The quantitative estimate of drug-likeness (QED) is 0.754. The molecule has 0 aromatic heterocycles. The lowest BCUT2D eigenvalue weighted by molar-refractivity contribution is 0.0185. The summed E-state index contributed by atoms with van der Waals surface area (Å²) in [4.78, 5) is 2.10. The molecule has 114 valence electrons. The van der Waals surface area contributed by atoms with Crippen molar-refractivity contribution >= 4 is 5.69 Å². The lowest BCUT2D eigenvalue weighted by atomic mass is 10.1. The van der Waals surface area contributed by atoms with Gasteiger partial charge in [0.05, 0.1) is 5.60 Å². The molecule has 0 atom stereocenters. The highest BCUT2D eigenvalue weighted by Gasteiger charge is 2.15. The summed E-state index contributed by atoms with van der Waals surface area (Å²) >= 11 is 0. The molecule has 0 radical (unpaired) electrons. The molecule has 1 N–H and O–H groups in total. The Labute approximate surface area is 123 Å². The fourth-order valence-electron chi connectivity index (χ4n) is 1.63. The lowest BCUT2D eigenvalue weighted by Gasteiger charge is -2.23. The van der Waals surface area contributed by atoms with Gasteiger partial charge in [-0.15, -0.1) is 0 Å². The number of nitrogens with one attached hydrogen (secondary N) is 1. The largest absolute Gasteiger partial charge is 0.492 e. The first-order valence-corrected chi connectivity index (χ1v) is 7.09. The van der Waals surface area contributed by atoms with Crippen LogP contribution in [-0.2, 0) is 4.74 Å². The molecule has 1 rings (SSSR count). The predicted octanol–water partition coefficient (Wildman–Crippen LogP) is 2.85. The van der Waals surface area contributed by atoms with E-state index in [1.54, 1.807) is 7.11 Å². The Kier molecular flexibility index (Phi) is 6.82. The first kappa shape index (κ1) is 16.8. The Bertz CT molecular complexity index is 375. The number of hydrogen-bond donors (Lipinski definition) is 1. The van der Waals surface area contributed by atoms with Crippen molar-refractivity contribution in [3.63, 3.8) is 0 Å². The second-order valence-corrected chi connectivity index (χ2v) is 5.82. The van der Waals surface area contributed by atoms with Crippen molar-refractivity contribution in [1.82, 2.24) is 4.90 Å². The van der Waals surface area contributed by atoms with E-state index in [9.17, 15) is 0 Å². The second kappa shape index (κ2) is 8.12. The van der Waals surface area contributed by atoms with Crippen molar-refractivity contribution in [2.24, 2.45) is 0 Å². The normalized spacial score (nSPS) is 11.7. The summed E-state index contributed by atoms with van der Waals surface area (Å²) in [5.41, 5.74) is 1.03. The van der Waals surface area contributed by atoms with Gasteiger partial charge in [0.15, 0.2) is 0 Å². The number of anilines is 1. The molecular formula is C16H28N2O2. The highest BCUT2D eigenvalue weighted by molar-refractivity contribution is 5.46. The maximum atomic E-state index is 5.66. The van der Waals surface area contributed by atoms with Crippen molar-refractivity contribution < 1.29 is 9.47 Å². The molecule has 0 aliphatic rings. The fourth-order valence-corrected chi connectivity index (χ4v) is 1.63. The molecule has 0 unspecified atom stereocenters. The average molecular weight is 280 g/mol. The van der Waals surface area contributed by atoms with E-state index < -0.39 is 0 Å². The van der Waals surface area contributed by atoms with Crippen LogP contribution < -0.4 is 10.1 Å². The molecule has 20 heavy (non-hydrogen) atoms. The van der Waals surface area contributed by atoms with Crippen LogP contribution in [0.2, 0.25) is 0 Å². The first-order chi connectivity index (χ1) is 9.43. The van der Waals surface area contributed by atoms with E-state index in [-0.39, 0.29) is 5.60 Å². The molecule has 1 aromatic carbocycles. The summed E-state index contributed by atoms with van der Waals surface area (Å²) in [7, 11) is 5.83. The van der Waals surface area contributed by atoms with Gasteiger partial charge in [0.1, 0.15) is 12.4 Å². The molecular weight excluding hydrogens is 252 g/mol. The van der Waals surface area contributed by atoms with Gasteiger partial charge in [0.2, 0.25) is 0 Å². The van der Waals surface area contributed by atoms with Crippen LogP contribution in [0, 0.1) is 0 Å². The van der Waals surface area contributed by atoms with Gasteiger partial charge in [0.25, 0.3) is 0 Å². The van der Waals surface area contributed by atoms with E-state index in [1.807, 2.05) is 38.4 Å². The van der Waals surface area contributed by atoms with Crippen LogP contribution in [0.1, 0.15) is 20.3 Å². The van der Waals surface area contributed by atoms with Gasteiger partial charge in [0, 0.05) is 25.9 Å². The van der Waals surface area contributed by atoms with Crippen LogP contribution in [0.25, 0.3) is 0 Å². The van der Waals surface area contributed by atoms with Crippen LogP contribution in [0.15, 0.2) is 24.3 Å². The number of ether oxygens (including phenoxy) is 2. The Morgan fingerprint density at radius 2 is 1.80 bits per heavy atom. The van der Waals surface area contributed by atoms with Crippen molar-refractivity contribution in [3.8, 4) is 5.75 Å². The fraction of sp³-hybridized carbons (Fsp3) is 0.625. The maximum absolute atomic E-state index is 5.66. The van der Waals surface area contributed by atoms with Crippen LogP contribution in [0.5, 0.6) is 5.75 Å². The zero-order chi connectivity index (χ0) is 15.0. The number of hydrogen-bond acceptors (Lipinski definition) is 4.